The number of oxazole rings is 1. The Labute approximate surface area is 264 Å². The number of fused-ring (bicyclic) bond motifs is 4. The number of anilines is 1. The molecule has 6 aromatic rings. The van der Waals surface area contributed by atoms with Crippen LogP contribution in [0.3, 0.4) is 0 Å². The molecule has 1 fully saturated rings. The van der Waals surface area contributed by atoms with Crippen LogP contribution in [0, 0.1) is 12.8 Å². The molecule has 2 aromatic heterocycles. The number of aryl methyl sites for hydroxylation is 1. The average molecular weight is 609 g/mol. The molecule has 0 spiro atoms. The summed E-state index contributed by atoms with van der Waals surface area (Å²) in [7, 11) is -2.52. The van der Waals surface area contributed by atoms with E-state index in [1.54, 1.807) is 6.07 Å². The highest BCUT2D eigenvalue weighted by molar-refractivity contribution is 8.01. The van der Waals surface area contributed by atoms with Crippen LogP contribution in [0.4, 0.5) is 5.88 Å². The predicted octanol–water partition coefficient (Wildman–Crippen LogP) is 6.05. The fourth-order valence-corrected chi connectivity index (χ4v) is 11.6. The minimum absolute atomic E-state index is 0.0971. The molecular weight excluding hydrogens is 573 g/mol. The summed E-state index contributed by atoms with van der Waals surface area (Å²) in [5.41, 5.74) is 4.38. The van der Waals surface area contributed by atoms with Crippen molar-refractivity contribution in [2.24, 2.45) is 5.92 Å². The topological polar surface area (TPSA) is 51.3 Å². The smallest absolute Gasteiger partial charge is 0.262 e. The minimum atomic E-state index is -2.52. The summed E-state index contributed by atoms with van der Waals surface area (Å²) in [6.45, 7) is 4.41. The maximum atomic E-state index is 12.8. The average Bonchev–Trinajstić information content (AvgIpc) is 3.53. The van der Waals surface area contributed by atoms with Crippen LogP contribution >= 0.6 is 7.26 Å². The van der Waals surface area contributed by atoms with Gasteiger partial charge in [-0.3, -0.25) is 4.79 Å². The van der Waals surface area contributed by atoms with Gasteiger partial charge in [-0.05, 0) is 73.9 Å². The Hall–Kier alpha value is -4.73. The first kappa shape index (κ1) is 27.8. The van der Waals surface area contributed by atoms with Crippen molar-refractivity contribution in [3.05, 3.63) is 155 Å². The molecule has 0 amide bonds. The van der Waals surface area contributed by atoms with E-state index >= 15 is 0 Å². The largest absolute Gasteiger partial charge is 0.416 e. The molecule has 4 heterocycles. The van der Waals surface area contributed by atoms with Crippen LogP contribution in [0.15, 0.2) is 143 Å². The summed E-state index contributed by atoms with van der Waals surface area (Å²) >= 11 is 0. The molecule has 0 unspecified atom stereocenters. The van der Waals surface area contributed by atoms with Gasteiger partial charge in [-0.2, -0.15) is 4.98 Å². The van der Waals surface area contributed by atoms with Gasteiger partial charge in [0.15, 0.2) is 7.26 Å². The van der Waals surface area contributed by atoms with E-state index in [0.717, 1.165) is 48.6 Å². The second kappa shape index (κ2) is 11.3. The van der Waals surface area contributed by atoms with Crippen molar-refractivity contribution in [1.29, 1.82) is 0 Å². The van der Waals surface area contributed by atoms with Crippen molar-refractivity contribution in [3.8, 4) is 11.5 Å². The Morgan fingerprint density at radius 3 is 1.89 bits per heavy atom. The zero-order chi connectivity index (χ0) is 30.4. The SMILES string of the molecule is Cc1ccc(-c2nc([P+](c3ccccc3)(c3ccccc3)c3ccccc3)c(N3C[C@H]4C[C@H](C3)c3cccc(=O)n3C4)o2)cc1. The number of rotatable bonds is 6. The first-order valence-electron chi connectivity index (χ1n) is 15.7. The van der Waals surface area contributed by atoms with E-state index in [9.17, 15) is 4.79 Å². The number of aromatic nitrogens is 2. The van der Waals surface area contributed by atoms with E-state index in [-0.39, 0.29) is 11.5 Å². The summed E-state index contributed by atoms with van der Waals surface area (Å²) in [4.78, 5) is 20.8. The molecule has 2 aliphatic heterocycles. The number of nitrogens with zero attached hydrogens (tertiary/aromatic N) is 3. The Kier molecular flexibility index (Phi) is 6.99. The van der Waals surface area contributed by atoms with Crippen LogP contribution in [-0.4, -0.2) is 22.6 Å². The summed E-state index contributed by atoms with van der Waals surface area (Å²) in [5, 5.41) is 3.71. The number of hydrogen-bond acceptors (Lipinski definition) is 4. The number of piperidine rings is 1. The predicted molar refractivity (Wildman–Crippen MR) is 185 cm³/mol. The molecule has 4 aromatic carbocycles. The van der Waals surface area contributed by atoms with Crippen molar-refractivity contribution in [2.45, 2.75) is 25.8 Å². The molecule has 6 heteroatoms. The lowest BCUT2D eigenvalue weighted by Gasteiger charge is -2.42. The molecule has 5 nitrogen and oxygen atoms in total. The van der Waals surface area contributed by atoms with Gasteiger partial charge in [0.05, 0.1) is 0 Å². The Bertz CT molecular complexity index is 1910. The standard InChI is InChI=1S/C39H35N3O2P/c1-28-20-22-30(23-21-28)37-40-38(39(44-37)41-25-29-24-31(27-41)35-18-11-19-36(43)42(35)26-29)45(32-12-5-2-6-13-32,33-14-7-3-8-15-33)34-16-9-4-10-17-34/h2-23,29,31H,24-27H2,1H3/q+1/t29-,31-/m1/s1. The van der Waals surface area contributed by atoms with Gasteiger partial charge in [-0.25, -0.2) is 0 Å². The highest BCUT2D eigenvalue weighted by Gasteiger charge is 2.54. The van der Waals surface area contributed by atoms with Gasteiger partial charge < -0.3 is 13.9 Å². The van der Waals surface area contributed by atoms with E-state index in [4.69, 9.17) is 9.40 Å². The summed E-state index contributed by atoms with van der Waals surface area (Å²) in [5.74, 6) is 2.07. The van der Waals surface area contributed by atoms with Gasteiger partial charge in [-0.15, -0.1) is 0 Å². The third-order valence-electron chi connectivity index (χ3n) is 9.41. The lowest BCUT2D eigenvalue weighted by molar-refractivity contribution is 0.275. The van der Waals surface area contributed by atoms with Crippen LogP contribution in [-0.2, 0) is 6.54 Å². The highest BCUT2D eigenvalue weighted by atomic mass is 31.2. The van der Waals surface area contributed by atoms with Crippen molar-refractivity contribution in [1.82, 2.24) is 9.55 Å². The Morgan fingerprint density at radius 1 is 0.689 bits per heavy atom. The molecule has 0 radical (unpaired) electrons. The fourth-order valence-electron chi connectivity index (χ4n) is 7.38. The van der Waals surface area contributed by atoms with Gasteiger partial charge in [0.25, 0.3) is 16.9 Å². The van der Waals surface area contributed by atoms with Gasteiger partial charge in [-0.1, -0.05) is 78.4 Å². The highest BCUT2D eigenvalue weighted by Crippen LogP contribution is 2.56. The zero-order valence-corrected chi connectivity index (χ0v) is 26.2. The normalized spacial score (nSPS) is 17.6. The van der Waals surface area contributed by atoms with Crippen LogP contribution in [0.2, 0.25) is 0 Å². The number of pyridine rings is 1. The summed E-state index contributed by atoms with van der Waals surface area (Å²) in [6.07, 6.45) is 1.07. The van der Waals surface area contributed by atoms with Crippen molar-refractivity contribution in [2.75, 3.05) is 18.0 Å². The molecule has 2 aliphatic rings. The summed E-state index contributed by atoms with van der Waals surface area (Å²) < 4.78 is 8.99. The quantitative estimate of drug-likeness (QED) is 0.216. The molecule has 8 rings (SSSR count). The molecule has 45 heavy (non-hydrogen) atoms. The Morgan fingerprint density at radius 2 is 1.29 bits per heavy atom. The fraction of sp³-hybridized carbons (Fsp3) is 0.179. The maximum Gasteiger partial charge on any atom is 0.262 e. The second-order valence-electron chi connectivity index (χ2n) is 12.3. The van der Waals surface area contributed by atoms with Gasteiger partial charge >= 0.3 is 0 Å². The van der Waals surface area contributed by atoms with Crippen LogP contribution < -0.4 is 31.8 Å². The second-order valence-corrected chi connectivity index (χ2v) is 15.6. The van der Waals surface area contributed by atoms with Crippen molar-refractivity contribution >= 4 is 34.5 Å². The van der Waals surface area contributed by atoms with Crippen molar-refractivity contribution in [3.63, 3.8) is 0 Å². The number of benzene rings is 4. The van der Waals surface area contributed by atoms with E-state index in [1.807, 2.05) is 10.6 Å². The molecule has 2 bridgehead atoms. The zero-order valence-electron chi connectivity index (χ0n) is 25.3. The van der Waals surface area contributed by atoms with E-state index in [1.165, 1.54) is 21.5 Å². The third kappa shape index (κ3) is 4.74. The molecule has 0 saturated carbocycles. The Balaban J connectivity index is 1.39. The molecule has 222 valence electrons. The lowest BCUT2D eigenvalue weighted by Crippen LogP contribution is -2.49. The van der Waals surface area contributed by atoms with Gasteiger partial charge in [0.1, 0.15) is 15.9 Å². The number of hydrogen-bond donors (Lipinski definition) is 0. The lowest BCUT2D eigenvalue weighted by atomic mass is 9.83. The molecule has 2 atom stereocenters. The minimum Gasteiger partial charge on any atom is -0.416 e. The third-order valence-corrected chi connectivity index (χ3v) is 13.6. The molecule has 0 N–H and O–H groups in total. The molecule has 1 saturated heterocycles. The van der Waals surface area contributed by atoms with Gasteiger partial charge in [0.2, 0.25) is 5.89 Å². The molecular formula is C39H35N3O2P+. The van der Waals surface area contributed by atoms with E-state index in [0.29, 0.717) is 11.8 Å². The van der Waals surface area contributed by atoms with Crippen molar-refractivity contribution < 1.29 is 4.42 Å². The van der Waals surface area contributed by atoms with Crippen LogP contribution in [0.5, 0.6) is 0 Å². The van der Waals surface area contributed by atoms with Gasteiger partial charge in [0, 0.05) is 42.9 Å². The first-order valence-corrected chi connectivity index (χ1v) is 17.5. The first-order chi connectivity index (χ1) is 22.1. The van der Waals surface area contributed by atoms with Crippen LogP contribution in [0.25, 0.3) is 11.5 Å². The van der Waals surface area contributed by atoms with E-state index < -0.39 is 7.26 Å². The van der Waals surface area contributed by atoms with Crippen LogP contribution in [0.1, 0.15) is 23.6 Å². The van der Waals surface area contributed by atoms with E-state index in [2.05, 4.69) is 133 Å². The maximum absolute atomic E-state index is 12.8. The molecule has 0 aliphatic carbocycles. The monoisotopic (exact) mass is 608 g/mol. The summed E-state index contributed by atoms with van der Waals surface area (Å²) in [6, 6.07) is 46.8.